The minimum absolute atomic E-state index is 0.122. The van der Waals surface area contributed by atoms with Crippen LogP contribution in [0.25, 0.3) is 10.4 Å². The van der Waals surface area contributed by atoms with Gasteiger partial charge in [0.1, 0.15) is 0 Å². The molecule has 3 heterocycles. The quantitative estimate of drug-likeness (QED) is 0.834. The van der Waals surface area contributed by atoms with Gasteiger partial charge in [-0.1, -0.05) is 23.5 Å². The van der Waals surface area contributed by atoms with E-state index in [-0.39, 0.29) is 5.91 Å². The fourth-order valence-corrected chi connectivity index (χ4v) is 4.99. The van der Waals surface area contributed by atoms with E-state index in [0.29, 0.717) is 11.1 Å². The third-order valence-corrected chi connectivity index (χ3v) is 6.52. The van der Waals surface area contributed by atoms with E-state index in [4.69, 9.17) is 10.5 Å². The van der Waals surface area contributed by atoms with Crippen molar-refractivity contribution in [2.24, 2.45) is 5.73 Å². The molecule has 2 amide bonds. The Morgan fingerprint density at radius 2 is 1.79 bits per heavy atom. The van der Waals surface area contributed by atoms with Gasteiger partial charge in [0.15, 0.2) is 5.06 Å². The molecule has 0 unspecified atom stereocenters. The van der Waals surface area contributed by atoms with E-state index in [9.17, 15) is 9.59 Å². The Labute approximate surface area is 168 Å². The second kappa shape index (κ2) is 8.32. The van der Waals surface area contributed by atoms with Gasteiger partial charge in [-0.15, -0.1) is 0 Å². The Balaban J connectivity index is 1.43. The third-order valence-electron chi connectivity index (χ3n) is 5.50. The Hall–Kier alpha value is -2.38. The summed E-state index contributed by atoms with van der Waals surface area (Å²) in [5, 5.41) is 0.462. The van der Waals surface area contributed by atoms with Gasteiger partial charge < -0.3 is 20.3 Å². The molecule has 4 rings (SSSR count). The summed E-state index contributed by atoms with van der Waals surface area (Å²) in [5.41, 5.74) is 6.75. The van der Waals surface area contributed by atoms with Crippen LogP contribution in [0.4, 0.5) is 4.79 Å². The summed E-state index contributed by atoms with van der Waals surface area (Å²) in [7, 11) is 0. The summed E-state index contributed by atoms with van der Waals surface area (Å²) in [6.07, 6.45) is 3.91. The number of nitrogens with two attached hydrogens (primary N) is 1. The maximum Gasteiger partial charge on any atom is 0.410 e. The maximum absolute atomic E-state index is 13.0. The molecule has 0 aliphatic carbocycles. The highest BCUT2D eigenvalue weighted by atomic mass is 32.1. The van der Waals surface area contributed by atoms with Crippen molar-refractivity contribution in [3.63, 3.8) is 0 Å². The van der Waals surface area contributed by atoms with Gasteiger partial charge in [-0.3, -0.25) is 4.79 Å². The summed E-state index contributed by atoms with van der Waals surface area (Å²) in [4.78, 5) is 29.4. The van der Waals surface area contributed by atoms with E-state index >= 15 is 0 Å². The third kappa shape index (κ3) is 4.20. The van der Waals surface area contributed by atoms with Gasteiger partial charge in [0.05, 0.1) is 0 Å². The van der Waals surface area contributed by atoms with Crippen LogP contribution in [-0.2, 0) is 0 Å². The Morgan fingerprint density at radius 3 is 2.50 bits per heavy atom. The molecule has 2 aliphatic heterocycles. The van der Waals surface area contributed by atoms with Crippen molar-refractivity contribution in [1.82, 2.24) is 9.80 Å². The fourth-order valence-electron chi connectivity index (χ4n) is 4.13. The van der Waals surface area contributed by atoms with Crippen LogP contribution in [0, 0.1) is 0 Å². The molecule has 6 nitrogen and oxygen atoms in total. The number of thiophene rings is 1. The van der Waals surface area contributed by atoms with Crippen LogP contribution in [0.3, 0.4) is 0 Å². The van der Waals surface area contributed by atoms with E-state index in [1.165, 1.54) is 24.2 Å². The number of rotatable bonds is 5. The SMILES string of the molecule is NC(=O)Oc1ccc(-c2ccc(C(=O)N3CCC[C@H]3CN3CCCC3)cc2)s1. The molecule has 1 aromatic heterocycles. The number of amides is 2. The zero-order valence-electron chi connectivity index (χ0n) is 15.8. The minimum Gasteiger partial charge on any atom is -0.399 e. The summed E-state index contributed by atoms with van der Waals surface area (Å²) in [5.74, 6) is 0.122. The summed E-state index contributed by atoms with van der Waals surface area (Å²) < 4.78 is 4.90. The highest BCUT2D eigenvalue weighted by molar-refractivity contribution is 7.17. The fraction of sp³-hybridized carbons (Fsp3) is 0.429. The standard InChI is InChI=1S/C21H25N3O3S/c22-21(26)27-19-10-9-18(28-19)15-5-7-16(8-6-15)20(25)24-13-3-4-17(24)14-23-11-1-2-12-23/h5-10,17H,1-4,11-14H2,(H2,22,26)/t17-/m0/s1. The minimum atomic E-state index is -0.816. The zero-order valence-corrected chi connectivity index (χ0v) is 16.6. The van der Waals surface area contributed by atoms with Gasteiger partial charge in [0.2, 0.25) is 0 Å². The molecule has 0 bridgehead atoms. The average Bonchev–Trinajstić information content (AvgIpc) is 3.43. The van der Waals surface area contributed by atoms with Crippen LogP contribution >= 0.6 is 11.3 Å². The molecule has 2 saturated heterocycles. The van der Waals surface area contributed by atoms with Gasteiger partial charge in [-0.25, -0.2) is 4.79 Å². The molecule has 148 valence electrons. The van der Waals surface area contributed by atoms with Crippen LogP contribution in [0.5, 0.6) is 5.06 Å². The predicted octanol–water partition coefficient (Wildman–Crippen LogP) is 3.57. The zero-order chi connectivity index (χ0) is 19.5. The monoisotopic (exact) mass is 399 g/mol. The smallest absolute Gasteiger partial charge is 0.399 e. The molecule has 2 fully saturated rings. The number of likely N-dealkylation sites (tertiary alicyclic amines) is 2. The van der Waals surface area contributed by atoms with Gasteiger partial charge in [0.25, 0.3) is 5.91 Å². The Kier molecular flexibility index (Phi) is 5.64. The predicted molar refractivity (Wildman–Crippen MR) is 110 cm³/mol. The van der Waals surface area contributed by atoms with Crippen molar-refractivity contribution in [3.05, 3.63) is 42.0 Å². The molecule has 1 atom stereocenters. The van der Waals surface area contributed by atoms with Crippen molar-refractivity contribution in [2.45, 2.75) is 31.7 Å². The molecule has 0 saturated carbocycles. The molecule has 28 heavy (non-hydrogen) atoms. The molecular formula is C21H25N3O3S. The Bertz CT molecular complexity index is 843. The van der Waals surface area contributed by atoms with Crippen molar-refractivity contribution in [3.8, 4) is 15.5 Å². The molecule has 2 aliphatic rings. The van der Waals surface area contributed by atoms with Gasteiger partial charge in [-0.05, 0) is 68.6 Å². The number of carbonyl (C=O) groups excluding carboxylic acids is 2. The van der Waals surface area contributed by atoms with Gasteiger partial charge in [-0.2, -0.15) is 0 Å². The van der Waals surface area contributed by atoms with Crippen LogP contribution < -0.4 is 10.5 Å². The van der Waals surface area contributed by atoms with Gasteiger partial charge >= 0.3 is 6.09 Å². The van der Waals surface area contributed by atoms with Crippen molar-refractivity contribution in [1.29, 1.82) is 0 Å². The first-order valence-corrected chi connectivity index (χ1v) is 10.6. The molecule has 7 heteroatoms. The number of primary amides is 1. The summed E-state index contributed by atoms with van der Waals surface area (Å²) in [6.45, 7) is 4.17. The number of hydrogen-bond donors (Lipinski definition) is 1. The lowest BCUT2D eigenvalue weighted by molar-refractivity contribution is 0.0708. The highest BCUT2D eigenvalue weighted by Crippen LogP contribution is 2.33. The number of benzene rings is 1. The maximum atomic E-state index is 13.0. The van der Waals surface area contributed by atoms with Crippen LogP contribution in [0.2, 0.25) is 0 Å². The first kappa shape index (κ1) is 19.0. The van der Waals surface area contributed by atoms with Crippen LogP contribution in [-0.4, -0.2) is 54.0 Å². The van der Waals surface area contributed by atoms with Crippen molar-refractivity contribution >= 4 is 23.3 Å². The van der Waals surface area contributed by atoms with E-state index < -0.39 is 6.09 Å². The molecule has 0 radical (unpaired) electrons. The van der Waals surface area contributed by atoms with Crippen molar-refractivity contribution in [2.75, 3.05) is 26.2 Å². The highest BCUT2D eigenvalue weighted by Gasteiger charge is 2.31. The van der Waals surface area contributed by atoms with Gasteiger partial charge in [0, 0.05) is 29.6 Å². The number of nitrogens with zero attached hydrogens (tertiary/aromatic N) is 2. The second-order valence-corrected chi connectivity index (χ2v) is 8.47. The first-order valence-electron chi connectivity index (χ1n) is 9.81. The van der Waals surface area contributed by atoms with Crippen LogP contribution in [0.1, 0.15) is 36.0 Å². The lowest BCUT2D eigenvalue weighted by Gasteiger charge is -2.28. The van der Waals surface area contributed by atoms with E-state index in [0.717, 1.165) is 55.0 Å². The molecule has 1 aromatic carbocycles. The number of hydrogen-bond acceptors (Lipinski definition) is 5. The normalized spacial score (nSPS) is 19.9. The molecular weight excluding hydrogens is 374 g/mol. The average molecular weight is 400 g/mol. The van der Waals surface area contributed by atoms with E-state index in [1.807, 2.05) is 30.3 Å². The largest absolute Gasteiger partial charge is 0.410 e. The van der Waals surface area contributed by atoms with Crippen molar-refractivity contribution < 1.29 is 14.3 Å². The lowest BCUT2D eigenvalue weighted by atomic mass is 10.1. The second-order valence-electron chi connectivity index (χ2n) is 7.42. The lowest BCUT2D eigenvalue weighted by Crippen LogP contribution is -2.42. The number of carbonyl (C=O) groups is 2. The van der Waals surface area contributed by atoms with E-state index in [1.54, 1.807) is 6.07 Å². The summed E-state index contributed by atoms with van der Waals surface area (Å²) >= 11 is 1.35. The Morgan fingerprint density at radius 1 is 1.04 bits per heavy atom. The first-order chi connectivity index (χ1) is 13.6. The van der Waals surface area contributed by atoms with Crippen LogP contribution in [0.15, 0.2) is 36.4 Å². The number of ether oxygens (including phenoxy) is 1. The van der Waals surface area contributed by atoms with E-state index in [2.05, 4.69) is 9.80 Å². The topological polar surface area (TPSA) is 75.9 Å². The molecule has 2 aromatic rings. The molecule has 2 N–H and O–H groups in total. The summed E-state index contributed by atoms with van der Waals surface area (Å²) in [6, 6.07) is 11.6. The molecule has 0 spiro atoms.